The molecule has 1 amide bonds. The van der Waals surface area contributed by atoms with Gasteiger partial charge in [0.2, 0.25) is 5.91 Å². The second-order valence-corrected chi connectivity index (χ2v) is 9.05. The summed E-state index contributed by atoms with van der Waals surface area (Å²) in [5, 5.41) is 14.2. The van der Waals surface area contributed by atoms with Gasteiger partial charge in [0.25, 0.3) is 0 Å². The monoisotopic (exact) mass is 342 g/mol. The quantitative estimate of drug-likeness (QED) is 0.780. The minimum Gasteiger partial charge on any atom is -0.390 e. The molecule has 1 heterocycles. The third-order valence-corrected chi connectivity index (χ3v) is 7.01. The van der Waals surface area contributed by atoms with Crippen LogP contribution in [0.2, 0.25) is 0 Å². The Morgan fingerprint density at radius 1 is 1.28 bits per heavy atom. The smallest absolute Gasteiger partial charge is 0.226 e. The predicted octanol–water partition coefficient (Wildman–Crippen LogP) is 3.24. The van der Waals surface area contributed by atoms with Gasteiger partial charge in [0.15, 0.2) is 0 Å². The van der Waals surface area contributed by atoms with Gasteiger partial charge in [0.1, 0.15) is 0 Å². The van der Waals surface area contributed by atoms with Crippen LogP contribution in [-0.4, -0.2) is 28.1 Å². The van der Waals surface area contributed by atoms with Crippen LogP contribution in [0.15, 0.2) is 24.4 Å². The molecule has 0 saturated heterocycles. The van der Waals surface area contributed by atoms with Crippen LogP contribution in [0.4, 0.5) is 0 Å². The van der Waals surface area contributed by atoms with Crippen LogP contribution in [0.1, 0.15) is 64.0 Å². The summed E-state index contributed by atoms with van der Waals surface area (Å²) in [6.07, 6.45) is 10.3. The first-order valence-corrected chi connectivity index (χ1v) is 9.87. The summed E-state index contributed by atoms with van der Waals surface area (Å²) in [5.41, 5.74) is 0.348. The van der Waals surface area contributed by atoms with Crippen molar-refractivity contribution in [2.24, 2.45) is 16.7 Å². The number of aromatic nitrogens is 1. The van der Waals surface area contributed by atoms with E-state index in [9.17, 15) is 9.90 Å². The Bertz CT molecular complexity index is 649. The summed E-state index contributed by atoms with van der Waals surface area (Å²) in [5.74, 6) is 0.717. The van der Waals surface area contributed by atoms with E-state index in [1.807, 2.05) is 24.4 Å². The zero-order chi connectivity index (χ0) is 17.5. The fraction of sp³-hybridized carbons (Fsp3) is 0.714. The lowest BCUT2D eigenvalue weighted by Crippen LogP contribution is -2.63. The Balaban J connectivity index is 1.38. The van der Waals surface area contributed by atoms with Gasteiger partial charge >= 0.3 is 0 Å². The average Bonchev–Trinajstić information content (AvgIpc) is 2.57. The molecule has 4 nitrogen and oxygen atoms in total. The van der Waals surface area contributed by atoms with Gasteiger partial charge in [-0.15, -0.1) is 0 Å². The molecule has 4 aliphatic rings. The van der Waals surface area contributed by atoms with Gasteiger partial charge in [-0.05, 0) is 74.8 Å². The standard InChI is InChI=1S/C21H30N2O2/c1-2-19-10-16-11-20(13-19,15-21(25,12-16)14-19)18(24)23-9-5-7-17-6-3-4-8-22-17/h3-4,6,8,16,25H,2,5,7,9-15H2,1H3,(H,23,24). The Kier molecular flexibility index (Phi) is 4.14. The van der Waals surface area contributed by atoms with E-state index in [0.29, 0.717) is 18.9 Å². The molecule has 5 rings (SSSR count). The highest BCUT2D eigenvalue weighted by molar-refractivity contribution is 5.83. The molecule has 4 atom stereocenters. The lowest BCUT2D eigenvalue weighted by molar-refractivity contribution is -0.204. The number of carbonyl (C=O) groups is 1. The second kappa shape index (κ2) is 6.08. The van der Waals surface area contributed by atoms with Crippen molar-refractivity contribution in [3.8, 4) is 0 Å². The van der Waals surface area contributed by atoms with Gasteiger partial charge in [-0.3, -0.25) is 9.78 Å². The maximum Gasteiger partial charge on any atom is 0.226 e. The predicted molar refractivity (Wildman–Crippen MR) is 96.9 cm³/mol. The third-order valence-electron chi connectivity index (χ3n) is 7.01. The summed E-state index contributed by atoms with van der Waals surface area (Å²) in [6, 6.07) is 5.95. The molecule has 4 bridgehead atoms. The van der Waals surface area contributed by atoms with E-state index in [4.69, 9.17) is 0 Å². The van der Waals surface area contributed by atoms with E-state index >= 15 is 0 Å². The van der Waals surface area contributed by atoms with Gasteiger partial charge < -0.3 is 10.4 Å². The molecule has 4 unspecified atom stereocenters. The molecule has 136 valence electrons. The van der Waals surface area contributed by atoms with Crippen molar-refractivity contribution in [1.82, 2.24) is 10.3 Å². The zero-order valence-corrected chi connectivity index (χ0v) is 15.3. The lowest BCUT2D eigenvalue weighted by Gasteiger charge is -2.64. The van der Waals surface area contributed by atoms with Crippen LogP contribution < -0.4 is 5.32 Å². The first-order valence-electron chi connectivity index (χ1n) is 9.87. The number of carbonyl (C=O) groups excluding carboxylic acids is 1. The van der Waals surface area contributed by atoms with Crippen molar-refractivity contribution >= 4 is 5.91 Å². The lowest BCUT2D eigenvalue weighted by atomic mass is 9.42. The first kappa shape index (κ1) is 17.0. The van der Waals surface area contributed by atoms with E-state index in [1.54, 1.807) is 0 Å². The third kappa shape index (κ3) is 3.10. The van der Waals surface area contributed by atoms with E-state index in [0.717, 1.165) is 50.6 Å². The SMILES string of the molecule is CCC12CC3CC(O)(C1)CC(C(=O)NCCCc1ccccn1)(C3)C2. The topological polar surface area (TPSA) is 62.2 Å². The normalized spacial score (nSPS) is 38.7. The molecule has 0 aromatic carbocycles. The highest BCUT2D eigenvalue weighted by Gasteiger charge is 2.64. The molecule has 4 heteroatoms. The van der Waals surface area contributed by atoms with Gasteiger partial charge in [-0.2, -0.15) is 0 Å². The molecule has 1 aromatic heterocycles. The molecule has 25 heavy (non-hydrogen) atoms. The van der Waals surface area contributed by atoms with Crippen LogP contribution in [0.5, 0.6) is 0 Å². The second-order valence-electron chi connectivity index (χ2n) is 9.05. The Morgan fingerprint density at radius 2 is 2.16 bits per heavy atom. The molecular weight excluding hydrogens is 312 g/mol. The fourth-order valence-corrected chi connectivity index (χ4v) is 6.44. The molecule has 0 aliphatic heterocycles. The number of nitrogens with one attached hydrogen (secondary N) is 1. The number of hydrogen-bond acceptors (Lipinski definition) is 3. The molecule has 4 fully saturated rings. The summed E-state index contributed by atoms with van der Waals surface area (Å²) in [4.78, 5) is 17.4. The van der Waals surface area contributed by atoms with E-state index in [-0.39, 0.29) is 16.7 Å². The van der Waals surface area contributed by atoms with Gasteiger partial charge in [-0.25, -0.2) is 0 Å². The maximum atomic E-state index is 13.1. The Labute approximate surface area is 150 Å². The van der Waals surface area contributed by atoms with Crippen LogP contribution in [0, 0.1) is 16.7 Å². The van der Waals surface area contributed by atoms with Crippen LogP contribution >= 0.6 is 0 Å². The number of amides is 1. The van der Waals surface area contributed by atoms with E-state index in [2.05, 4.69) is 17.2 Å². The highest BCUT2D eigenvalue weighted by Crippen LogP contribution is 2.67. The maximum absolute atomic E-state index is 13.1. The van der Waals surface area contributed by atoms with E-state index in [1.165, 1.54) is 6.42 Å². The van der Waals surface area contributed by atoms with Crippen LogP contribution in [-0.2, 0) is 11.2 Å². The number of rotatable bonds is 6. The Hall–Kier alpha value is -1.42. The molecule has 2 N–H and O–H groups in total. The summed E-state index contributed by atoms with van der Waals surface area (Å²) in [7, 11) is 0. The minimum atomic E-state index is -0.597. The fourth-order valence-electron chi connectivity index (χ4n) is 6.44. The van der Waals surface area contributed by atoms with Gasteiger partial charge in [-0.1, -0.05) is 19.4 Å². The molecule has 0 radical (unpaired) electrons. The summed E-state index contributed by atoms with van der Waals surface area (Å²) in [6.45, 7) is 2.92. The number of hydrogen-bond donors (Lipinski definition) is 2. The molecule has 0 spiro atoms. The largest absolute Gasteiger partial charge is 0.390 e. The zero-order valence-electron chi connectivity index (χ0n) is 15.3. The van der Waals surface area contributed by atoms with Crippen molar-refractivity contribution in [3.63, 3.8) is 0 Å². The molecular formula is C21H30N2O2. The Morgan fingerprint density at radius 3 is 2.88 bits per heavy atom. The minimum absolute atomic E-state index is 0.189. The highest BCUT2D eigenvalue weighted by atomic mass is 16.3. The number of aryl methyl sites for hydroxylation is 1. The van der Waals surface area contributed by atoms with Crippen molar-refractivity contribution in [2.75, 3.05) is 6.54 Å². The van der Waals surface area contributed by atoms with Crippen molar-refractivity contribution in [2.45, 2.75) is 70.3 Å². The number of pyridine rings is 1. The van der Waals surface area contributed by atoms with Crippen LogP contribution in [0.3, 0.4) is 0 Å². The van der Waals surface area contributed by atoms with Crippen LogP contribution in [0.25, 0.3) is 0 Å². The average molecular weight is 342 g/mol. The van der Waals surface area contributed by atoms with Gasteiger partial charge in [0.05, 0.1) is 11.0 Å². The molecule has 1 aromatic rings. The van der Waals surface area contributed by atoms with Gasteiger partial charge in [0, 0.05) is 18.4 Å². The number of nitrogens with zero attached hydrogens (tertiary/aromatic N) is 1. The summed E-state index contributed by atoms with van der Waals surface area (Å²) >= 11 is 0. The first-order chi connectivity index (χ1) is 12.0. The summed E-state index contributed by atoms with van der Waals surface area (Å²) < 4.78 is 0. The van der Waals surface area contributed by atoms with Crippen molar-refractivity contribution in [1.29, 1.82) is 0 Å². The van der Waals surface area contributed by atoms with Crippen molar-refractivity contribution in [3.05, 3.63) is 30.1 Å². The van der Waals surface area contributed by atoms with Crippen molar-refractivity contribution < 1.29 is 9.90 Å². The van der Waals surface area contributed by atoms with E-state index < -0.39 is 5.60 Å². The molecule has 4 saturated carbocycles. The molecule has 4 aliphatic carbocycles. The number of aliphatic hydroxyl groups is 1.